The van der Waals surface area contributed by atoms with E-state index >= 15 is 9.59 Å². The molecule has 0 saturated heterocycles. The lowest BCUT2D eigenvalue weighted by molar-refractivity contribution is 0.0970. The third-order valence-electron chi connectivity index (χ3n) is 17.5. The van der Waals surface area contributed by atoms with Crippen molar-refractivity contribution in [3.8, 4) is 11.1 Å². The number of aryl methyl sites for hydroxylation is 2. The lowest BCUT2D eigenvalue weighted by Crippen LogP contribution is -2.25. The molecule has 3 aliphatic carbocycles. The van der Waals surface area contributed by atoms with Crippen LogP contribution in [0.2, 0.25) is 0 Å². The Balaban J connectivity index is 1.01. The Morgan fingerprint density at radius 1 is 0.354 bits per heavy atom. The molecule has 6 aromatic carbocycles. The second-order valence-electron chi connectivity index (χ2n) is 23.5. The molecule has 0 atom stereocenters. The van der Waals surface area contributed by atoms with E-state index in [0.29, 0.717) is 33.4 Å². The van der Waals surface area contributed by atoms with E-state index in [9.17, 15) is 0 Å². The molecule has 0 radical (unpaired) electrons. The predicted molar refractivity (Wildman–Crippen MR) is 342 cm³/mol. The van der Waals surface area contributed by atoms with Gasteiger partial charge in [0.1, 0.15) is 0 Å². The molecule has 0 unspecified atom stereocenters. The van der Waals surface area contributed by atoms with Gasteiger partial charge in [0.2, 0.25) is 0 Å². The van der Waals surface area contributed by atoms with Gasteiger partial charge < -0.3 is 0 Å². The topological polar surface area (TPSA) is 34.1 Å². The van der Waals surface area contributed by atoms with Gasteiger partial charge in [-0.15, -0.1) is 11.8 Å². The number of benzene rings is 6. The largest absolute Gasteiger partial charge is 0.288 e. The number of hydrogen-bond acceptors (Lipinski definition) is 6. The number of ketones is 2. The highest BCUT2D eigenvalue weighted by Gasteiger charge is 2.39. The van der Waals surface area contributed by atoms with Crippen LogP contribution in [-0.2, 0) is 12.8 Å². The van der Waals surface area contributed by atoms with Crippen LogP contribution < -0.4 is 0 Å². The van der Waals surface area contributed by atoms with Crippen LogP contribution >= 0.6 is 47.0 Å². The number of carbonyl (C=O) groups is 2. The van der Waals surface area contributed by atoms with Crippen molar-refractivity contribution < 1.29 is 9.59 Å². The highest BCUT2D eigenvalue weighted by atomic mass is 32.2. The van der Waals surface area contributed by atoms with Gasteiger partial charge in [-0.05, 0) is 183 Å². The molecule has 2 fully saturated rings. The molecular formula is C73H90O2S4. The quantitative estimate of drug-likeness (QED) is 0.0435. The normalized spacial score (nSPS) is 18.2. The third-order valence-corrected chi connectivity index (χ3v) is 22.1. The van der Waals surface area contributed by atoms with E-state index in [1.54, 1.807) is 35.3 Å². The van der Waals surface area contributed by atoms with Crippen LogP contribution in [0.15, 0.2) is 156 Å². The summed E-state index contributed by atoms with van der Waals surface area (Å²) in [6.45, 7) is 9.12. The van der Waals surface area contributed by atoms with Crippen LogP contribution in [0.5, 0.6) is 0 Å². The molecule has 9 rings (SSSR count). The number of rotatable bonds is 29. The Labute approximate surface area is 494 Å². The van der Waals surface area contributed by atoms with Crippen molar-refractivity contribution in [3.05, 3.63) is 160 Å². The first-order chi connectivity index (χ1) is 38.8. The van der Waals surface area contributed by atoms with Gasteiger partial charge in [-0.25, -0.2) is 0 Å². The SMILES string of the molecule is CCCCCCc1ccc(Sc2ccc(Sc3ccc(-c4ccc(C5CCC(CCCCC)CC5)cc4)cc3)c3c2C(=O)c2c(Sc4ccc(CCCCCC)cc4)ccc(SC4CCC(CCCCCC)CC4)c2C3=O)cc1. The maximum atomic E-state index is 16.0. The number of thioether (sulfide) groups is 1. The Morgan fingerprint density at radius 2 is 0.709 bits per heavy atom. The molecule has 0 heterocycles. The Bertz CT molecular complexity index is 2850. The monoisotopic (exact) mass is 1130 g/mol. The fourth-order valence-electron chi connectivity index (χ4n) is 12.7. The maximum absolute atomic E-state index is 16.0. The van der Waals surface area contributed by atoms with E-state index in [1.807, 2.05) is 11.8 Å². The molecule has 79 heavy (non-hydrogen) atoms. The zero-order valence-corrected chi connectivity index (χ0v) is 51.7. The minimum atomic E-state index is -0.0332. The summed E-state index contributed by atoms with van der Waals surface area (Å²) in [4.78, 5) is 38.7. The Hall–Kier alpha value is -3.94. The highest BCUT2D eigenvalue weighted by Crippen LogP contribution is 2.49. The summed E-state index contributed by atoms with van der Waals surface area (Å²) >= 11 is 6.73. The molecule has 0 spiro atoms. The van der Waals surface area contributed by atoms with Crippen molar-refractivity contribution in [1.29, 1.82) is 0 Å². The summed E-state index contributed by atoms with van der Waals surface area (Å²) in [6, 6.07) is 44.6. The summed E-state index contributed by atoms with van der Waals surface area (Å²) in [6.07, 6.45) is 34.3. The predicted octanol–water partition coefficient (Wildman–Crippen LogP) is 23.3. The zero-order valence-electron chi connectivity index (χ0n) is 48.4. The molecule has 418 valence electrons. The average Bonchev–Trinajstić information content (AvgIpc) is 3.65. The van der Waals surface area contributed by atoms with E-state index < -0.39 is 0 Å². The van der Waals surface area contributed by atoms with Crippen LogP contribution in [0.3, 0.4) is 0 Å². The lowest BCUT2D eigenvalue weighted by Gasteiger charge is -2.30. The van der Waals surface area contributed by atoms with Crippen LogP contribution in [-0.4, -0.2) is 16.8 Å². The molecule has 0 aliphatic heterocycles. The van der Waals surface area contributed by atoms with Crippen LogP contribution in [0, 0.1) is 11.8 Å². The second kappa shape index (κ2) is 30.9. The lowest BCUT2D eigenvalue weighted by atomic mass is 9.77. The first kappa shape index (κ1) is 59.7. The Morgan fingerprint density at radius 3 is 1.15 bits per heavy atom. The average molecular weight is 1130 g/mol. The molecule has 6 heteroatoms. The summed E-state index contributed by atoms with van der Waals surface area (Å²) in [5.74, 6) is 2.33. The molecular weight excluding hydrogens is 1040 g/mol. The Kier molecular flexibility index (Phi) is 23.4. The second-order valence-corrected chi connectivity index (χ2v) is 28.2. The van der Waals surface area contributed by atoms with Gasteiger partial charge in [0, 0.05) is 61.8 Å². The molecule has 0 amide bonds. The number of unbranched alkanes of at least 4 members (excludes halogenated alkanes) is 11. The maximum Gasteiger partial charge on any atom is 0.196 e. The third kappa shape index (κ3) is 16.4. The molecule has 2 nitrogen and oxygen atoms in total. The summed E-state index contributed by atoms with van der Waals surface area (Å²) < 4.78 is 0. The van der Waals surface area contributed by atoms with Crippen LogP contribution in [0.4, 0.5) is 0 Å². The zero-order chi connectivity index (χ0) is 54.8. The van der Waals surface area contributed by atoms with Crippen molar-refractivity contribution >= 4 is 58.6 Å². The van der Waals surface area contributed by atoms with Crippen LogP contribution in [0.25, 0.3) is 11.1 Å². The fourth-order valence-corrected chi connectivity index (χ4v) is 16.9. The van der Waals surface area contributed by atoms with Gasteiger partial charge in [-0.1, -0.05) is 220 Å². The standard InChI is InChI=1S/C73H90O2S4/c1-5-9-13-17-21-53-26-40-60(41-27-53)76-64-48-49-65(77-61-42-28-54(29-43-61)22-18-14-10-6-2)69-68(64)72(74)70-66(78-62-44-30-55(31-45-62)23-19-15-11-7-3)50-51-67(71(70)73(69)75)79-63-46-38-59(39-47-63)58-36-34-57(35-37-58)56-32-24-52(25-33-56)20-16-12-8-4/h26-27,30-31,34-41,44-52,54,56,61H,5-25,28-29,32-33,42-43H2,1-4H3. The first-order valence-electron chi connectivity index (χ1n) is 31.3. The van der Waals surface area contributed by atoms with Gasteiger partial charge >= 0.3 is 0 Å². The van der Waals surface area contributed by atoms with E-state index in [0.717, 1.165) is 71.8 Å². The summed E-state index contributed by atoms with van der Waals surface area (Å²) in [5.41, 5.74) is 8.90. The van der Waals surface area contributed by atoms with Crippen molar-refractivity contribution in [2.24, 2.45) is 11.8 Å². The number of carbonyl (C=O) groups excluding carboxylic acids is 2. The molecule has 0 N–H and O–H groups in total. The minimum Gasteiger partial charge on any atom is -0.288 e. The van der Waals surface area contributed by atoms with Gasteiger partial charge in [0.25, 0.3) is 0 Å². The van der Waals surface area contributed by atoms with E-state index in [1.165, 1.54) is 175 Å². The van der Waals surface area contributed by atoms with Crippen molar-refractivity contribution in [1.82, 2.24) is 0 Å². The van der Waals surface area contributed by atoms with Gasteiger partial charge in [0.05, 0.1) is 0 Å². The van der Waals surface area contributed by atoms with Crippen LogP contribution in [0.1, 0.15) is 243 Å². The highest BCUT2D eigenvalue weighted by molar-refractivity contribution is 8.00. The number of fused-ring (bicyclic) bond motifs is 2. The molecule has 2 saturated carbocycles. The van der Waals surface area contributed by atoms with Gasteiger partial charge in [0.15, 0.2) is 11.6 Å². The first-order valence-corrected chi connectivity index (χ1v) is 34.7. The minimum absolute atomic E-state index is 0.0179. The van der Waals surface area contributed by atoms with Crippen molar-refractivity contribution in [2.75, 3.05) is 0 Å². The summed E-state index contributed by atoms with van der Waals surface area (Å²) in [7, 11) is 0. The molecule has 0 bridgehead atoms. The van der Waals surface area contributed by atoms with Crippen molar-refractivity contribution in [3.63, 3.8) is 0 Å². The van der Waals surface area contributed by atoms with Gasteiger partial charge in [-0.3, -0.25) is 9.59 Å². The smallest absolute Gasteiger partial charge is 0.196 e. The molecule has 6 aromatic rings. The summed E-state index contributed by atoms with van der Waals surface area (Å²) in [5, 5.41) is 0.420. The number of hydrogen-bond donors (Lipinski definition) is 0. The van der Waals surface area contributed by atoms with E-state index in [4.69, 9.17) is 0 Å². The van der Waals surface area contributed by atoms with E-state index in [-0.39, 0.29) is 11.6 Å². The van der Waals surface area contributed by atoms with Crippen molar-refractivity contribution in [2.45, 2.75) is 246 Å². The van der Waals surface area contributed by atoms with Gasteiger partial charge in [-0.2, -0.15) is 0 Å². The fraction of sp³-hybridized carbons (Fsp3) is 0.479. The molecule has 0 aromatic heterocycles. The van der Waals surface area contributed by atoms with E-state index in [2.05, 4.69) is 149 Å². The molecule has 3 aliphatic rings.